The summed E-state index contributed by atoms with van der Waals surface area (Å²) < 4.78 is 7.52. The zero-order valence-electron chi connectivity index (χ0n) is 14.5. The molecule has 2 rings (SSSR count). The lowest BCUT2D eigenvalue weighted by molar-refractivity contribution is -0.157. The number of ether oxygens (including phenoxy) is 1. The minimum Gasteiger partial charge on any atom is -0.459 e. The molecular formula is C18H25N3O2. The molecule has 1 aromatic carbocycles. The Bertz CT molecular complexity index is 637. The summed E-state index contributed by atoms with van der Waals surface area (Å²) in [4.78, 5) is 16.9. The van der Waals surface area contributed by atoms with Crippen molar-refractivity contribution in [3.8, 4) is 0 Å². The average molecular weight is 315 g/mol. The zero-order chi connectivity index (χ0) is 17.0. The topological polar surface area (TPSA) is 56.2 Å². The first-order valence-electron chi connectivity index (χ1n) is 7.76. The van der Waals surface area contributed by atoms with Crippen LogP contribution < -0.4 is 5.32 Å². The van der Waals surface area contributed by atoms with E-state index >= 15 is 0 Å². The van der Waals surface area contributed by atoms with Crippen LogP contribution in [0.15, 0.2) is 36.7 Å². The predicted molar refractivity (Wildman–Crippen MR) is 89.8 cm³/mol. The number of nitrogens with zero attached hydrogens (tertiary/aromatic N) is 2. The number of benzene rings is 1. The number of imidazole rings is 1. The maximum absolute atomic E-state index is 12.6. The largest absolute Gasteiger partial charge is 0.459 e. The van der Waals surface area contributed by atoms with Gasteiger partial charge in [-0.25, -0.2) is 9.78 Å². The van der Waals surface area contributed by atoms with Crippen molar-refractivity contribution >= 4 is 5.97 Å². The summed E-state index contributed by atoms with van der Waals surface area (Å²) in [6.45, 7) is 8.12. The normalized spacial score (nSPS) is 12.9. The van der Waals surface area contributed by atoms with Crippen LogP contribution in [0.2, 0.25) is 0 Å². The molecule has 5 nitrogen and oxygen atoms in total. The molecule has 0 aliphatic heterocycles. The van der Waals surface area contributed by atoms with Crippen molar-refractivity contribution in [1.82, 2.24) is 14.9 Å². The number of carbonyl (C=O) groups is 1. The van der Waals surface area contributed by atoms with Gasteiger partial charge in [-0.05, 0) is 33.3 Å². The second kappa shape index (κ2) is 6.96. The van der Waals surface area contributed by atoms with Crippen LogP contribution in [0.1, 0.15) is 43.8 Å². The standard InChI is InChI=1S/C18H25N3O2/c1-13-15(21(5)12-20-13)11-19-16(14-9-7-6-8-10-14)17(22)23-18(2,3)4/h6-10,12,16,19H,11H2,1-5H3. The first-order valence-corrected chi connectivity index (χ1v) is 7.76. The van der Waals surface area contributed by atoms with Gasteiger partial charge in [-0.3, -0.25) is 5.32 Å². The third kappa shape index (κ3) is 4.66. The summed E-state index contributed by atoms with van der Waals surface area (Å²) in [5, 5.41) is 3.31. The Balaban J connectivity index is 2.19. The fourth-order valence-corrected chi connectivity index (χ4v) is 2.37. The number of esters is 1. The maximum atomic E-state index is 12.6. The van der Waals surface area contributed by atoms with E-state index in [1.54, 1.807) is 6.33 Å². The minimum atomic E-state index is -0.520. The van der Waals surface area contributed by atoms with E-state index in [2.05, 4.69) is 10.3 Å². The van der Waals surface area contributed by atoms with Crippen molar-refractivity contribution in [2.75, 3.05) is 0 Å². The Hall–Kier alpha value is -2.14. The lowest BCUT2D eigenvalue weighted by Crippen LogP contribution is -2.35. The van der Waals surface area contributed by atoms with E-state index in [9.17, 15) is 4.79 Å². The second-order valence-electron chi connectivity index (χ2n) is 6.65. The van der Waals surface area contributed by atoms with E-state index in [4.69, 9.17) is 4.74 Å². The van der Waals surface area contributed by atoms with Crippen LogP contribution >= 0.6 is 0 Å². The molecule has 0 aliphatic rings. The summed E-state index contributed by atoms with van der Waals surface area (Å²) in [7, 11) is 1.95. The molecule has 0 saturated heterocycles. The van der Waals surface area contributed by atoms with E-state index < -0.39 is 11.6 Å². The first kappa shape index (κ1) is 17.2. The molecule has 0 spiro atoms. The van der Waals surface area contributed by atoms with Gasteiger partial charge in [0.05, 0.1) is 17.7 Å². The van der Waals surface area contributed by atoms with Gasteiger partial charge in [0.1, 0.15) is 11.6 Å². The lowest BCUT2D eigenvalue weighted by Gasteiger charge is -2.25. The van der Waals surface area contributed by atoms with E-state index in [1.807, 2.05) is 69.6 Å². The molecule has 2 aromatic rings. The van der Waals surface area contributed by atoms with Crippen molar-refractivity contribution in [2.45, 2.75) is 45.9 Å². The second-order valence-corrected chi connectivity index (χ2v) is 6.65. The average Bonchev–Trinajstić information content (AvgIpc) is 2.78. The van der Waals surface area contributed by atoms with E-state index in [0.29, 0.717) is 6.54 Å². The summed E-state index contributed by atoms with van der Waals surface area (Å²) >= 11 is 0. The quantitative estimate of drug-likeness (QED) is 0.862. The van der Waals surface area contributed by atoms with Crippen molar-refractivity contribution < 1.29 is 9.53 Å². The minimum absolute atomic E-state index is 0.275. The van der Waals surface area contributed by atoms with E-state index in [-0.39, 0.29) is 5.97 Å². The van der Waals surface area contributed by atoms with Gasteiger partial charge in [0.25, 0.3) is 0 Å². The maximum Gasteiger partial charge on any atom is 0.328 e. The van der Waals surface area contributed by atoms with E-state index in [1.165, 1.54) is 0 Å². The molecule has 0 saturated carbocycles. The lowest BCUT2D eigenvalue weighted by atomic mass is 10.1. The third-order valence-corrected chi connectivity index (χ3v) is 3.52. The van der Waals surface area contributed by atoms with Crippen LogP contribution in [-0.4, -0.2) is 21.1 Å². The van der Waals surface area contributed by atoms with Gasteiger partial charge in [0.15, 0.2) is 0 Å². The molecule has 0 amide bonds. The Morgan fingerprint density at radius 3 is 2.48 bits per heavy atom. The molecule has 1 aromatic heterocycles. The van der Waals surface area contributed by atoms with Crippen LogP contribution in [0.4, 0.5) is 0 Å². The van der Waals surface area contributed by atoms with Crippen molar-refractivity contribution in [3.05, 3.63) is 53.6 Å². The molecule has 0 fully saturated rings. The number of nitrogens with one attached hydrogen (secondary N) is 1. The number of aryl methyl sites for hydroxylation is 2. The molecule has 1 heterocycles. The highest BCUT2D eigenvalue weighted by atomic mass is 16.6. The van der Waals surface area contributed by atoms with Gasteiger partial charge >= 0.3 is 5.97 Å². The van der Waals surface area contributed by atoms with Crippen LogP contribution in [0, 0.1) is 6.92 Å². The molecule has 1 atom stereocenters. The molecule has 1 N–H and O–H groups in total. The van der Waals surface area contributed by atoms with Gasteiger partial charge in [0.2, 0.25) is 0 Å². The fraction of sp³-hybridized carbons (Fsp3) is 0.444. The smallest absolute Gasteiger partial charge is 0.328 e. The zero-order valence-corrected chi connectivity index (χ0v) is 14.5. The van der Waals surface area contributed by atoms with Crippen LogP contribution in [0.25, 0.3) is 0 Å². The summed E-state index contributed by atoms with van der Waals surface area (Å²) in [5.74, 6) is -0.275. The van der Waals surface area contributed by atoms with Crippen LogP contribution in [0.5, 0.6) is 0 Å². The van der Waals surface area contributed by atoms with Gasteiger partial charge in [0, 0.05) is 13.6 Å². The molecule has 124 valence electrons. The Labute approximate surface area is 137 Å². The van der Waals surface area contributed by atoms with Crippen molar-refractivity contribution in [1.29, 1.82) is 0 Å². The van der Waals surface area contributed by atoms with Gasteiger partial charge in [-0.15, -0.1) is 0 Å². The Morgan fingerprint density at radius 2 is 1.96 bits per heavy atom. The SMILES string of the molecule is Cc1ncn(C)c1CNC(C(=O)OC(C)(C)C)c1ccccc1. The van der Waals surface area contributed by atoms with Crippen molar-refractivity contribution in [3.63, 3.8) is 0 Å². The third-order valence-electron chi connectivity index (χ3n) is 3.52. The molecule has 0 bridgehead atoms. The number of aromatic nitrogens is 2. The van der Waals surface area contributed by atoms with Crippen LogP contribution in [-0.2, 0) is 23.1 Å². The number of hydrogen-bond donors (Lipinski definition) is 1. The molecule has 23 heavy (non-hydrogen) atoms. The van der Waals surface area contributed by atoms with E-state index in [0.717, 1.165) is 17.0 Å². The Kier molecular flexibility index (Phi) is 5.21. The van der Waals surface area contributed by atoms with Gasteiger partial charge in [-0.1, -0.05) is 30.3 Å². The fourth-order valence-electron chi connectivity index (χ4n) is 2.37. The highest BCUT2D eigenvalue weighted by Crippen LogP contribution is 2.19. The Morgan fingerprint density at radius 1 is 1.30 bits per heavy atom. The monoisotopic (exact) mass is 315 g/mol. The van der Waals surface area contributed by atoms with Crippen molar-refractivity contribution in [2.24, 2.45) is 7.05 Å². The molecule has 1 unspecified atom stereocenters. The summed E-state index contributed by atoms with van der Waals surface area (Å²) in [5.41, 5.74) is 2.38. The predicted octanol–water partition coefficient (Wildman–Crippen LogP) is 2.90. The number of rotatable bonds is 5. The molecule has 0 radical (unpaired) electrons. The first-order chi connectivity index (χ1) is 10.8. The van der Waals surface area contributed by atoms with Gasteiger partial charge in [-0.2, -0.15) is 0 Å². The summed E-state index contributed by atoms with van der Waals surface area (Å²) in [6, 6.07) is 9.12. The molecule has 0 aliphatic carbocycles. The number of carbonyl (C=O) groups excluding carboxylic acids is 1. The highest BCUT2D eigenvalue weighted by Gasteiger charge is 2.26. The molecular weight excluding hydrogens is 290 g/mol. The highest BCUT2D eigenvalue weighted by molar-refractivity contribution is 5.78. The number of hydrogen-bond acceptors (Lipinski definition) is 4. The summed E-state index contributed by atoms with van der Waals surface area (Å²) in [6.07, 6.45) is 1.78. The van der Waals surface area contributed by atoms with Crippen LogP contribution in [0.3, 0.4) is 0 Å². The van der Waals surface area contributed by atoms with Gasteiger partial charge < -0.3 is 9.30 Å². The molecule has 5 heteroatoms.